The number of hydrogen-bond donors (Lipinski definition) is 5. The lowest BCUT2D eigenvalue weighted by Crippen LogP contribution is -2.29. The smallest absolute Gasteiger partial charge is 0.148 e. The van der Waals surface area contributed by atoms with E-state index in [1.54, 1.807) is 13.0 Å². The molecule has 0 fully saturated rings. The maximum atomic E-state index is 14.1. The van der Waals surface area contributed by atoms with Crippen LogP contribution in [-0.4, -0.2) is 30.0 Å². The topological polar surface area (TPSA) is 111 Å². The van der Waals surface area contributed by atoms with Gasteiger partial charge in [-0.3, -0.25) is 5.01 Å². The first kappa shape index (κ1) is 18.1. The number of aliphatic hydroxyl groups excluding tert-OH is 1. The van der Waals surface area contributed by atoms with Crippen molar-refractivity contribution in [3.05, 3.63) is 41.5 Å². The highest BCUT2D eigenvalue weighted by molar-refractivity contribution is 5.98. The lowest BCUT2D eigenvalue weighted by Gasteiger charge is -2.17. The Morgan fingerprint density at radius 3 is 2.77 bits per heavy atom. The maximum absolute atomic E-state index is 14.1. The number of nitrogens with zero attached hydrogens (tertiary/aromatic N) is 1. The first-order chi connectivity index (χ1) is 10.3. The number of nitrogens with one attached hydrogen (secondary N) is 2. The third-order valence-electron chi connectivity index (χ3n) is 2.99. The summed E-state index contributed by atoms with van der Waals surface area (Å²) in [7, 11) is 0. The number of anilines is 1. The summed E-state index contributed by atoms with van der Waals surface area (Å²) in [6, 6.07) is 4.31. The van der Waals surface area contributed by atoms with Gasteiger partial charge in [-0.15, -0.1) is 0 Å². The molecule has 0 heterocycles. The molecule has 1 unspecified atom stereocenters. The zero-order chi connectivity index (χ0) is 16.7. The molecule has 0 amide bonds. The van der Waals surface area contributed by atoms with Crippen LogP contribution >= 0.6 is 0 Å². The van der Waals surface area contributed by atoms with E-state index in [1.807, 2.05) is 6.92 Å². The van der Waals surface area contributed by atoms with Crippen LogP contribution in [0.15, 0.2) is 30.1 Å². The summed E-state index contributed by atoms with van der Waals surface area (Å²) < 4.78 is 14.1. The molecule has 0 aromatic heterocycles. The van der Waals surface area contributed by atoms with Crippen molar-refractivity contribution in [2.75, 3.05) is 18.1 Å². The number of hydrazine groups is 1. The molecule has 0 spiro atoms. The van der Waals surface area contributed by atoms with Crippen LogP contribution in [-0.2, 0) is 0 Å². The van der Waals surface area contributed by atoms with Gasteiger partial charge in [0.25, 0.3) is 0 Å². The lowest BCUT2D eigenvalue weighted by atomic mass is 10.0. The second-order valence-corrected chi connectivity index (χ2v) is 5.09. The van der Waals surface area contributed by atoms with Gasteiger partial charge in [-0.1, -0.05) is 13.0 Å². The Morgan fingerprint density at radius 1 is 1.55 bits per heavy atom. The molecule has 7 N–H and O–H groups in total. The van der Waals surface area contributed by atoms with Gasteiger partial charge in [0.1, 0.15) is 5.82 Å². The summed E-state index contributed by atoms with van der Waals surface area (Å²) in [6.45, 7) is 4.72. The Kier molecular flexibility index (Phi) is 6.97. The van der Waals surface area contributed by atoms with Crippen LogP contribution in [0.1, 0.15) is 25.8 Å². The first-order valence-electron chi connectivity index (χ1n) is 7.09. The van der Waals surface area contributed by atoms with Crippen molar-refractivity contribution < 1.29 is 9.50 Å². The third kappa shape index (κ3) is 5.44. The van der Waals surface area contributed by atoms with Crippen LogP contribution in [0.25, 0.3) is 0 Å². The molecule has 0 saturated heterocycles. The van der Waals surface area contributed by atoms with Gasteiger partial charge in [0.2, 0.25) is 0 Å². The summed E-state index contributed by atoms with van der Waals surface area (Å²) >= 11 is 0. The van der Waals surface area contributed by atoms with Crippen LogP contribution in [0.3, 0.4) is 0 Å². The predicted molar refractivity (Wildman–Crippen MR) is 87.0 cm³/mol. The molecule has 1 aromatic carbocycles. The number of allylic oxidation sites excluding steroid dienone is 1. The summed E-state index contributed by atoms with van der Waals surface area (Å²) in [5, 5.41) is 21.8. The van der Waals surface area contributed by atoms with Gasteiger partial charge >= 0.3 is 0 Å². The largest absolute Gasteiger partial charge is 0.401 e. The van der Waals surface area contributed by atoms with Crippen LogP contribution in [0.5, 0.6) is 0 Å². The Bertz CT molecular complexity index is 543. The molecule has 0 radical (unpaired) electrons. The van der Waals surface area contributed by atoms with E-state index in [0.717, 1.165) is 11.6 Å². The zero-order valence-corrected chi connectivity index (χ0v) is 12.9. The highest BCUT2D eigenvalue weighted by Crippen LogP contribution is 2.20. The second-order valence-electron chi connectivity index (χ2n) is 5.09. The third-order valence-corrected chi connectivity index (χ3v) is 2.99. The first-order valence-corrected chi connectivity index (χ1v) is 7.09. The molecule has 6 nitrogen and oxygen atoms in total. The van der Waals surface area contributed by atoms with Crippen molar-refractivity contribution in [1.29, 1.82) is 5.41 Å². The summed E-state index contributed by atoms with van der Waals surface area (Å²) in [4.78, 5) is 0. The fourth-order valence-electron chi connectivity index (χ4n) is 1.93. The molecule has 0 bridgehead atoms. The van der Waals surface area contributed by atoms with Crippen LogP contribution < -0.4 is 21.9 Å². The van der Waals surface area contributed by atoms with Gasteiger partial charge in [0.05, 0.1) is 11.8 Å². The summed E-state index contributed by atoms with van der Waals surface area (Å²) in [6.07, 6.45) is 0.882. The molecular formula is C15H24FN5O. The number of benzene rings is 1. The Hall–Kier alpha value is -1.96. The highest BCUT2D eigenvalue weighted by Gasteiger charge is 2.13. The van der Waals surface area contributed by atoms with Gasteiger partial charge in [-0.25, -0.2) is 10.2 Å². The van der Waals surface area contributed by atoms with E-state index < -0.39 is 11.9 Å². The van der Waals surface area contributed by atoms with Gasteiger partial charge < -0.3 is 21.6 Å². The molecule has 0 aliphatic rings. The van der Waals surface area contributed by atoms with E-state index in [2.05, 4.69) is 5.32 Å². The van der Waals surface area contributed by atoms with Gasteiger partial charge in [-0.05, 0) is 31.2 Å². The van der Waals surface area contributed by atoms with Crippen molar-refractivity contribution >= 4 is 11.4 Å². The van der Waals surface area contributed by atoms with E-state index in [4.69, 9.17) is 17.0 Å². The van der Waals surface area contributed by atoms with E-state index in [-0.39, 0.29) is 17.8 Å². The minimum Gasteiger partial charge on any atom is -0.401 e. The highest BCUT2D eigenvalue weighted by atomic mass is 19.1. The maximum Gasteiger partial charge on any atom is 0.148 e. The molecule has 0 saturated carbocycles. The fourth-order valence-corrected chi connectivity index (χ4v) is 1.93. The minimum atomic E-state index is -0.677. The van der Waals surface area contributed by atoms with Crippen LogP contribution in [0.2, 0.25) is 0 Å². The van der Waals surface area contributed by atoms with Crippen molar-refractivity contribution in [2.45, 2.75) is 26.4 Å². The Balaban J connectivity index is 2.80. The normalized spacial score (nSPS) is 13.0. The van der Waals surface area contributed by atoms with Crippen LogP contribution in [0, 0.1) is 11.2 Å². The zero-order valence-electron chi connectivity index (χ0n) is 12.9. The van der Waals surface area contributed by atoms with Gasteiger partial charge in [-0.2, -0.15) is 0 Å². The molecule has 122 valence electrons. The van der Waals surface area contributed by atoms with Crippen molar-refractivity contribution in [2.24, 2.45) is 11.6 Å². The number of likely N-dealkylation sites (N-methyl/N-ethyl adjacent to an activating group) is 1. The number of nitrogens with two attached hydrogens (primary N) is 2. The fraction of sp³-hybridized carbons (Fsp3) is 0.400. The van der Waals surface area contributed by atoms with E-state index in [9.17, 15) is 9.50 Å². The second kappa shape index (κ2) is 8.47. The standard InChI is InChI=1S/C15H24FN5O/c1-3-20-8-12(22)7-14(18)11-4-5-15(13(16)6-11)21(19)9-10(2)17/h4-6,9,12,18,20,22H,3,7-8,17,19H2,1-2H3/b10-9-,18-14?. The SMILES string of the molecule is CCNCC(O)CC(=N)c1ccc(N(N)/C=C(/C)N)c(F)c1. The summed E-state index contributed by atoms with van der Waals surface area (Å²) in [5.41, 5.74) is 6.70. The van der Waals surface area contributed by atoms with E-state index in [1.165, 1.54) is 18.3 Å². The van der Waals surface area contributed by atoms with Crippen molar-refractivity contribution in [3.8, 4) is 0 Å². The van der Waals surface area contributed by atoms with Crippen LogP contribution in [0.4, 0.5) is 10.1 Å². The molecular weight excluding hydrogens is 285 g/mol. The van der Waals surface area contributed by atoms with Gasteiger partial charge in [0, 0.05) is 30.6 Å². The molecule has 1 aromatic rings. The van der Waals surface area contributed by atoms with Crippen molar-refractivity contribution in [3.63, 3.8) is 0 Å². The summed E-state index contributed by atoms with van der Waals surface area (Å²) in [5.74, 6) is 5.14. The Morgan fingerprint density at radius 2 is 2.23 bits per heavy atom. The van der Waals surface area contributed by atoms with Gasteiger partial charge in [0.15, 0.2) is 0 Å². The molecule has 22 heavy (non-hydrogen) atoms. The molecule has 1 atom stereocenters. The van der Waals surface area contributed by atoms with E-state index >= 15 is 0 Å². The Labute approximate surface area is 130 Å². The molecule has 1 rings (SSSR count). The number of rotatable bonds is 8. The molecule has 0 aliphatic heterocycles. The lowest BCUT2D eigenvalue weighted by molar-refractivity contribution is 0.180. The molecule has 7 heteroatoms. The average molecular weight is 309 g/mol. The predicted octanol–water partition coefficient (Wildman–Crippen LogP) is 1.05. The molecule has 0 aliphatic carbocycles. The quantitative estimate of drug-likeness (QED) is 0.280. The number of hydrogen-bond acceptors (Lipinski definition) is 6. The number of halogens is 1. The van der Waals surface area contributed by atoms with E-state index in [0.29, 0.717) is 17.8 Å². The van der Waals surface area contributed by atoms with Crippen molar-refractivity contribution in [1.82, 2.24) is 5.32 Å². The number of aliphatic hydroxyl groups is 1. The average Bonchev–Trinajstić information content (AvgIpc) is 2.43. The minimum absolute atomic E-state index is 0.153. The monoisotopic (exact) mass is 309 g/mol.